The van der Waals surface area contributed by atoms with Gasteiger partial charge in [0.05, 0.1) is 17.6 Å². The summed E-state index contributed by atoms with van der Waals surface area (Å²) in [6, 6.07) is 10.2. The van der Waals surface area contributed by atoms with Gasteiger partial charge in [0.15, 0.2) is 5.82 Å². The van der Waals surface area contributed by atoms with Crippen LogP contribution < -0.4 is 14.8 Å². The normalized spacial score (nSPS) is 19.5. The van der Waals surface area contributed by atoms with Gasteiger partial charge in [0, 0.05) is 42.8 Å². The van der Waals surface area contributed by atoms with Crippen LogP contribution in [0.2, 0.25) is 5.15 Å². The zero-order chi connectivity index (χ0) is 38.9. The largest absolute Gasteiger partial charge is 0.477 e. The fourth-order valence-electron chi connectivity index (χ4n) is 6.36. The summed E-state index contributed by atoms with van der Waals surface area (Å²) < 4.78 is 53.5. The summed E-state index contributed by atoms with van der Waals surface area (Å²) in [6.07, 6.45) is 3.43. The Bertz CT molecular complexity index is 1670. The van der Waals surface area contributed by atoms with E-state index >= 15 is 0 Å². The molecule has 53 heavy (non-hydrogen) atoms. The maximum atomic E-state index is 13.1. The van der Waals surface area contributed by atoms with Crippen molar-refractivity contribution in [1.82, 2.24) is 29.4 Å². The standard InChI is InChI=1S/C32H41ClF3N7O2S.C5H10O2/c1-4-13-30(2)20-22(21-42(30)3)7-6-17-37-24-8-5-9-27(38-24)46-41-29(44)23-10-11-25(39-28(23)33)43-18-12-26(40-43)45-19-16-31(14-15-31)32(34,35)36;1-5(2,3)7-4-6/h5,8-12,18,22H,4,6-7,13-17,19-21H2,1-3H3,(H,37,38)(H,41,44);4H,1-3H3. The number of hydrogen-bond acceptors (Lipinski definition) is 10. The Morgan fingerprint density at radius 3 is 2.51 bits per heavy atom. The molecule has 3 aromatic heterocycles. The summed E-state index contributed by atoms with van der Waals surface area (Å²) in [5.41, 5.74) is -1.45. The second kappa shape index (κ2) is 18.2. The Morgan fingerprint density at radius 1 is 1.13 bits per heavy atom. The van der Waals surface area contributed by atoms with Crippen molar-refractivity contribution in [2.45, 2.75) is 108 Å². The number of nitrogens with zero attached hydrogens (tertiary/aromatic N) is 5. The molecule has 1 aliphatic heterocycles. The summed E-state index contributed by atoms with van der Waals surface area (Å²) in [6.45, 7) is 12.4. The average Bonchev–Trinajstić information content (AvgIpc) is 3.65. The Labute approximate surface area is 319 Å². The minimum absolute atomic E-state index is 0.0266. The molecule has 2 aliphatic rings. The number of anilines is 1. The number of halogens is 4. The van der Waals surface area contributed by atoms with Crippen molar-refractivity contribution in [1.29, 1.82) is 0 Å². The highest BCUT2D eigenvalue weighted by molar-refractivity contribution is 7.97. The van der Waals surface area contributed by atoms with Gasteiger partial charge in [0.25, 0.3) is 12.4 Å². The van der Waals surface area contributed by atoms with Gasteiger partial charge in [0.2, 0.25) is 5.88 Å². The molecular formula is C37H51ClF3N7O4S. The number of nitrogens with one attached hydrogen (secondary N) is 2. The van der Waals surface area contributed by atoms with Crippen molar-refractivity contribution < 1.29 is 32.2 Å². The summed E-state index contributed by atoms with van der Waals surface area (Å²) in [4.78, 5) is 33.9. The number of ether oxygens (including phenoxy) is 2. The molecule has 1 aliphatic carbocycles. The first-order valence-electron chi connectivity index (χ1n) is 17.9. The van der Waals surface area contributed by atoms with E-state index in [0.29, 0.717) is 28.8 Å². The van der Waals surface area contributed by atoms with E-state index in [0.717, 1.165) is 37.3 Å². The van der Waals surface area contributed by atoms with Crippen molar-refractivity contribution >= 4 is 41.7 Å². The smallest absolute Gasteiger partial charge is 0.394 e. The molecule has 2 atom stereocenters. The first kappa shape index (κ1) is 42.2. The Morgan fingerprint density at radius 2 is 1.89 bits per heavy atom. The molecule has 1 saturated heterocycles. The first-order valence-corrected chi connectivity index (χ1v) is 19.1. The summed E-state index contributed by atoms with van der Waals surface area (Å²) in [5, 5.41) is 8.21. The topological polar surface area (TPSA) is 124 Å². The van der Waals surface area contributed by atoms with Gasteiger partial charge in [0.1, 0.15) is 21.6 Å². The van der Waals surface area contributed by atoms with Crippen LogP contribution in [0.25, 0.3) is 5.82 Å². The molecule has 2 N–H and O–H groups in total. The Kier molecular flexibility index (Phi) is 14.5. The summed E-state index contributed by atoms with van der Waals surface area (Å²) >= 11 is 7.42. The summed E-state index contributed by atoms with van der Waals surface area (Å²) in [7, 11) is 2.24. The van der Waals surface area contributed by atoms with E-state index in [2.05, 4.69) is 55.6 Å². The predicted molar refractivity (Wildman–Crippen MR) is 200 cm³/mol. The number of carbonyl (C=O) groups excluding carboxylic acids is 2. The highest BCUT2D eigenvalue weighted by Crippen LogP contribution is 2.59. The fourth-order valence-corrected chi connectivity index (χ4v) is 7.19. The van der Waals surface area contributed by atoms with E-state index < -0.39 is 17.5 Å². The molecule has 1 amide bonds. The zero-order valence-electron chi connectivity index (χ0n) is 31.3. The molecule has 2 unspecified atom stereocenters. The number of likely N-dealkylation sites (tertiary alicyclic amines) is 1. The van der Waals surface area contributed by atoms with Gasteiger partial charge in [-0.25, -0.2) is 14.6 Å². The molecule has 1 saturated carbocycles. The monoisotopic (exact) mass is 781 g/mol. The van der Waals surface area contributed by atoms with Crippen LogP contribution in [-0.2, 0) is 9.53 Å². The van der Waals surface area contributed by atoms with Crippen LogP contribution in [0.15, 0.2) is 47.6 Å². The highest BCUT2D eigenvalue weighted by atomic mass is 35.5. The van der Waals surface area contributed by atoms with E-state index in [-0.39, 0.29) is 48.1 Å². The third-order valence-electron chi connectivity index (χ3n) is 9.60. The van der Waals surface area contributed by atoms with E-state index in [1.54, 1.807) is 12.3 Å². The number of pyridine rings is 2. The van der Waals surface area contributed by atoms with E-state index in [1.165, 1.54) is 42.5 Å². The molecule has 0 aromatic carbocycles. The van der Waals surface area contributed by atoms with Crippen molar-refractivity contribution in [2.24, 2.45) is 11.3 Å². The van der Waals surface area contributed by atoms with Gasteiger partial charge in [-0.05, 0) is 110 Å². The lowest BCUT2D eigenvalue weighted by Gasteiger charge is -2.31. The van der Waals surface area contributed by atoms with Crippen LogP contribution in [0.1, 0.15) is 96.3 Å². The second-order valence-corrected chi connectivity index (χ2v) is 16.2. The van der Waals surface area contributed by atoms with Crippen molar-refractivity contribution in [3.8, 4) is 11.7 Å². The predicted octanol–water partition coefficient (Wildman–Crippen LogP) is 8.52. The van der Waals surface area contributed by atoms with Gasteiger partial charge in [-0.15, -0.1) is 5.10 Å². The molecule has 292 valence electrons. The lowest BCUT2D eigenvalue weighted by atomic mass is 9.88. The zero-order valence-corrected chi connectivity index (χ0v) is 32.8. The SMILES string of the molecule is CC(C)(C)OC=O.CCCC1(C)CC(CCCNc2cccc(SNC(=O)c3ccc(-n4ccc(OCCC5(C(F)(F)F)CC5)n4)nc3Cl)n2)CN1C. The van der Waals surface area contributed by atoms with Crippen LogP contribution in [0.4, 0.5) is 19.0 Å². The van der Waals surface area contributed by atoms with Crippen molar-refractivity contribution in [3.05, 3.63) is 53.3 Å². The van der Waals surface area contributed by atoms with Crippen LogP contribution in [-0.4, -0.2) is 81.1 Å². The van der Waals surface area contributed by atoms with E-state index in [4.69, 9.17) is 16.3 Å². The number of amides is 1. The Hall–Kier alpha value is -3.56. The van der Waals surface area contributed by atoms with Crippen molar-refractivity contribution in [3.63, 3.8) is 0 Å². The molecule has 3 aromatic rings. The second-order valence-electron chi connectivity index (χ2n) is 15.0. The minimum atomic E-state index is -4.22. The molecule has 0 radical (unpaired) electrons. The molecule has 16 heteroatoms. The van der Waals surface area contributed by atoms with Crippen molar-refractivity contribution in [2.75, 3.05) is 32.1 Å². The fraction of sp³-hybridized carbons (Fsp3) is 0.595. The highest BCUT2D eigenvalue weighted by Gasteiger charge is 2.62. The minimum Gasteiger partial charge on any atom is -0.477 e. The maximum absolute atomic E-state index is 13.1. The molecule has 0 spiro atoms. The average molecular weight is 782 g/mol. The third kappa shape index (κ3) is 12.2. The van der Waals surface area contributed by atoms with E-state index in [1.807, 2.05) is 39.0 Å². The van der Waals surface area contributed by atoms with Gasteiger partial charge in [-0.2, -0.15) is 13.2 Å². The van der Waals surface area contributed by atoms with Crippen LogP contribution in [0.3, 0.4) is 0 Å². The number of rotatable bonds is 16. The van der Waals surface area contributed by atoms with Crippen LogP contribution in [0.5, 0.6) is 5.88 Å². The number of aromatic nitrogens is 4. The first-order chi connectivity index (χ1) is 25.0. The van der Waals surface area contributed by atoms with Gasteiger partial charge in [-0.3, -0.25) is 14.3 Å². The Balaban J connectivity index is 0.000000815. The summed E-state index contributed by atoms with van der Waals surface area (Å²) in [5.74, 6) is 1.53. The van der Waals surface area contributed by atoms with Gasteiger partial charge >= 0.3 is 6.18 Å². The molecule has 5 rings (SSSR count). The van der Waals surface area contributed by atoms with Crippen LogP contribution >= 0.6 is 23.5 Å². The number of alkyl halides is 3. The number of hydrogen-bond donors (Lipinski definition) is 2. The van der Waals surface area contributed by atoms with Crippen LogP contribution in [0, 0.1) is 11.3 Å². The maximum Gasteiger partial charge on any atom is 0.394 e. The van der Waals surface area contributed by atoms with E-state index in [9.17, 15) is 22.8 Å². The third-order valence-corrected chi connectivity index (χ3v) is 10.6. The number of carbonyl (C=O) groups is 2. The lowest BCUT2D eigenvalue weighted by molar-refractivity contribution is -0.190. The lowest BCUT2D eigenvalue weighted by Crippen LogP contribution is -2.37. The quantitative estimate of drug-likeness (QED) is 0.0633. The van der Waals surface area contributed by atoms with Gasteiger partial charge in [-0.1, -0.05) is 31.0 Å². The van der Waals surface area contributed by atoms with Gasteiger partial charge < -0.3 is 19.7 Å². The molecule has 2 fully saturated rings. The molecule has 4 heterocycles. The molecular weight excluding hydrogens is 731 g/mol. The molecule has 11 nitrogen and oxygen atoms in total. The molecule has 0 bridgehead atoms.